The van der Waals surface area contributed by atoms with E-state index >= 15 is 0 Å². The molecule has 0 spiro atoms. The van der Waals surface area contributed by atoms with Gasteiger partial charge >= 0.3 is 6.18 Å². The van der Waals surface area contributed by atoms with Gasteiger partial charge in [0.25, 0.3) is 10.0 Å². The number of sulfonamides is 1. The summed E-state index contributed by atoms with van der Waals surface area (Å²) in [5.41, 5.74) is 0.189. The zero-order valence-electron chi connectivity index (χ0n) is 13.4. The van der Waals surface area contributed by atoms with Crippen LogP contribution < -0.4 is 10.0 Å². The molecule has 1 atom stereocenters. The monoisotopic (exact) mass is 424 g/mol. The van der Waals surface area contributed by atoms with Crippen molar-refractivity contribution in [1.82, 2.24) is 4.72 Å². The van der Waals surface area contributed by atoms with E-state index in [2.05, 4.69) is 10.0 Å². The van der Waals surface area contributed by atoms with Crippen molar-refractivity contribution in [2.75, 3.05) is 11.1 Å². The van der Waals surface area contributed by atoms with Crippen molar-refractivity contribution in [3.63, 3.8) is 0 Å². The van der Waals surface area contributed by atoms with Crippen LogP contribution in [0.2, 0.25) is 0 Å². The number of benzene rings is 1. The lowest BCUT2D eigenvalue weighted by atomic mass is 10.3. The van der Waals surface area contributed by atoms with Gasteiger partial charge in [-0.05, 0) is 30.5 Å². The third kappa shape index (κ3) is 6.01. The highest BCUT2D eigenvalue weighted by Crippen LogP contribution is 2.32. The molecule has 0 saturated heterocycles. The molecule has 2 N–H and O–H groups in total. The molecular weight excluding hydrogens is 409 g/mol. The first-order chi connectivity index (χ1) is 12.1. The fourth-order valence-corrected chi connectivity index (χ4v) is 4.84. The van der Waals surface area contributed by atoms with Gasteiger partial charge < -0.3 is 5.32 Å². The van der Waals surface area contributed by atoms with Gasteiger partial charge in [0.2, 0.25) is 5.91 Å². The Kier molecular flexibility index (Phi) is 6.72. The van der Waals surface area contributed by atoms with E-state index < -0.39 is 33.9 Å². The Hall–Kier alpha value is -1.56. The molecule has 1 amide bonds. The number of thioether (sulfide) groups is 1. The molecule has 5 nitrogen and oxygen atoms in total. The molecule has 0 saturated carbocycles. The summed E-state index contributed by atoms with van der Waals surface area (Å²) in [6.07, 6.45) is -4.34. The Morgan fingerprint density at radius 3 is 2.54 bits per heavy atom. The Bertz CT molecular complexity index is 853. The van der Waals surface area contributed by atoms with Crippen LogP contribution in [0.25, 0.3) is 0 Å². The third-order valence-electron chi connectivity index (χ3n) is 3.02. The summed E-state index contributed by atoms with van der Waals surface area (Å²) in [5.74, 6) is -1.77. The van der Waals surface area contributed by atoms with Crippen LogP contribution in [0, 0.1) is 0 Å². The first kappa shape index (κ1) is 20.7. The summed E-state index contributed by atoms with van der Waals surface area (Å²) >= 11 is 1.55. The number of halogens is 3. The zero-order valence-corrected chi connectivity index (χ0v) is 15.9. The van der Waals surface area contributed by atoms with E-state index in [0.29, 0.717) is 11.8 Å². The number of anilines is 1. The second-order valence-electron chi connectivity index (χ2n) is 5.16. The van der Waals surface area contributed by atoms with Crippen molar-refractivity contribution in [3.8, 4) is 0 Å². The fourth-order valence-electron chi connectivity index (χ4n) is 1.86. The zero-order chi connectivity index (χ0) is 19.4. The topological polar surface area (TPSA) is 75.3 Å². The molecule has 0 aliphatic rings. The molecule has 0 radical (unpaired) electrons. The van der Waals surface area contributed by atoms with Crippen molar-refractivity contribution in [2.24, 2.45) is 0 Å². The van der Waals surface area contributed by atoms with Gasteiger partial charge in [-0.25, -0.2) is 8.42 Å². The second-order valence-corrected chi connectivity index (χ2v) is 9.07. The maximum Gasteiger partial charge on any atom is 0.398 e. The maximum atomic E-state index is 12.4. The summed E-state index contributed by atoms with van der Waals surface area (Å²) in [7, 11) is -3.84. The SMILES string of the molecule is CC(NS(=O)(=O)c1cccs1)C(=O)Nc1ccccc1SCC(F)(F)F. The van der Waals surface area contributed by atoms with Crippen LogP contribution in [-0.2, 0) is 14.8 Å². The smallest absolute Gasteiger partial charge is 0.324 e. The lowest BCUT2D eigenvalue weighted by Gasteiger charge is -2.16. The number of para-hydroxylation sites is 1. The number of rotatable bonds is 7. The van der Waals surface area contributed by atoms with E-state index in [1.165, 1.54) is 25.1 Å². The van der Waals surface area contributed by atoms with E-state index in [9.17, 15) is 26.4 Å². The Morgan fingerprint density at radius 1 is 1.23 bits per heavy atom. The molecule has 1 aromatic heterocycles. The van der Waals surface area contributed by atoms with E-state index in [1.54, 1.807) is 23.6 Å². The van der Waals surface area contributed by atoms with Crippen LogP contribution in [-0.4, -0.2) is 32.3 Å². The van der Waals surface area contributed by atoms with Crippen molar-refractivity contribution in [3.05, 3.63) is 41.8 Å². The van der Waals surface area contributed by atoms with Gasteiger partial charge in [-0.3, -0.25) is 4.79 Å². The fraction of sp³-hybridized carbons (Fsp3) is 0.267. The molecule has 1 heterocycles. The van der Waals surface area contributed by atoms with Crippen molar-refractivity contribution < 1.29 is 26.4 Å². The second kappa shape index (κ2) is 8.42. The average Bonchev–Trinajstić information content (AvgIpc) is 3.08. The standard InChI is InChI=1S/C15H15F3N2O3S3/c1-10(20-26(22,23)13-7-4-8-24-13)14(21)19-11-5-2-3-6-12(11)25-9-15(16,17)18/h2-8,10,20H,9H2,1H3,(H,19,21). The molecule has 0 bridgehead atoms. The van der Waals surface area contributed by atoms with Crippen LogP contribution in [0.15, 0.2) is 50.9 Å². The van der Waals surface area contributed by atoms with E-state index in [-0.39, 0.29) is 14.8 Å². The lowest BCUT2D eigenvalue weighted by Crippen LogP contribution is -2.41. The van der Waals surface area contributed by atoms with Crippen LogP contribution >= 0.6 is 23.1 Å². The van der Waals surface area contributed by atoms with Gasteiger partial charge in [0.15, 0.2) is 0 Å². The number of alkyl halides is 3. The molecule has 0 aliphatic carbocycles. The predicted octanol–water partition coefficient (Wildman–Crippen LogP) is 3.71. The average molecular weight is 424 g/mol. The molecule has 26 heavy (non-hydrogen) atoms. The maximum absolute atomic E-state index is 12.4. The molecular formula is C15H15F3N2O3S3. The molecule has 0 aliphatic heterocycles. The van der Waals surface area contributed by atoms with Crippen LogP contribution in [0.4, 0.5) is 18.9 Å². The van der Waals surface area contributed by atoms with E-state index in [0.717, 1.165) is 11.3 Å². The molecule has 11 heteroatoms. The van der Waals surface area contributed by atoms with Gasteiger partial charge in [-0.15, -0.1) is 23.1 Å². The van der Waals surface area contributed by atoms with Gasteiger partial charge in [0.05, 0.1) is 17.5 Å². The Balaban J connectivity index is 2.05. The number of amides is 1. The van der Waals surface area contributed by atoms with Crippen LogP contribution in [0.3, 0.4) is 0 Å². The van der Waals surface area contributed by atoms with Crippen LogP contribution in [0.5, 0.6) is 0 Å². The van der Waals surface area contributed by atoms with Crippen LogP contribution in [0.1, 0.15) is 6.92 Å². The van der Waals surface area contributed by atoms with Gasteiger partial charge in [-0.2, -0.15) is 17.9 Å². The van der Waals surface area contributed by atoms with Gasteiger partial charge in [0, 0.05) is 4.90 Å². The molecule has 1 aromatic carbocycles. The minimum Gasteiger partial charge on any atom is -0.324 e. The third-order valence-corrected chi connectivity index (χ3v) is 7.10. The summed E-state index contributed by atoms with van der Waals surface area (Å²) in [6, 6.07) is 7.88. The molecule has 2 aromatic rings. The highest BCUT2D eigenvalue weighted by molar-refractivity contribution is 7.99. The first-order valence-electron chi connectivity index (χ1n) is 7.24. The van der Waals surface area contributed by atoms with Crippen molar-refractivity contribution in [2.45, 2.75) is 28.2 Å². The Labute approximate surface area is 157 Å². The summed E-state index contributed by atoms with van der Waals surface area (Å²) in [6.45, 7) is 1.35. The van der Waals surface area contributed by atoms with Crippen molar-refractivity contribution >= 4 is 44.7 Å². The largest absolute Gasteiger partial charge is 0.398 e. The number of hydrogen-bond acceptors (Lipinski definition) is 5. The van der Waals surface area contributed by atoms with Crippen molar-refractivity contribution in [1.29, 1.82) is 0 Å². The van der Waals surface area contributed by atoms with E-state index in [1.807, 2.05) is 0 Å². The summed E-state index contributed by atoms with van der Waals surface area (Å²) in [5, 5.41) is 4.05. The number of carbonyl (C=O) groups is 1. The number of nitrogens with one attached hydrogen (secondary N) is 2. The molecule has 0 fully saturated rings. The summed E-state index contributed by atoms with van der Waals surface area (Å²) in [4.78, 5) is 12.5. The minimum absolute atomic E-state index is 0.0679. The Morgan fingerprint density at radius 2 is 1.92 bits per heavy atom. The van der Waals surface area contributed by atoms with Gasteiger partial charge in [-0.1, -0.05) is 18.2 Å². The minimum atomic E-state index is -4.34. The molecule has 2 rings (SSSR count). The highest BCUT2D eigenvalue weighted by atomic mass is 32.2. The molecule has 142 valence electrons. The predicted molar refractivity (Wildman–Crippen MR) is 96.0 cm³/mol. The molecule has 1 unspecified atom stereocenters. The quantitative estimate of drug-likeness (QED) is 0.665. The van der Waals surface area contributed by atoms with E-state index in [4.69, 9.17) is 0 Å². The normalized spacial score (nSPS) is 13.4. The first-order valence-corrected chi connectivity index (χ1v) is 10.6. The lowest BCUT2D eigenvalue weighted by molar-refractivity contribution is -0.117. The number of thiophene rings is 1. The summed E-state index contributed by atoms with van der Waals surface area (Å²) < 4.78 is 63.8. The number of carbonyl (C=O) groups excluding carboxylic acids is 1. The highest BCUT2D eigenvalue weighted by Gasteiger charge is 2.28. The number of hydrogen-bond donors (Lipinski definition) is 2. The van der Waals surface area contributed by atoms with Gasteiger partial charge in [0.1, 0.15) is 4.21 Å².